The Bertz CT molecular complexity index is 462. The number of rotatable bonds is 5. The van der Waals surface area contributed by atoms with Crippen molar-refractivity contribution in [2.75, 3.05) is 13.1 Å². The van der Waals surface area contributed by atoms with Crippen LogP contribution in [-0.2, 0) is 13.1 Å². The van der Waals surface area contributed by atoms with Crippen LogP contribution in [0.4, 0.5) is 0 Å². The molecule has 0 spiro atoms. The molecule has 1 aliphatic rings. The van der Waals surface area contributed by atoms with Gasteiger partial charge in [-0.1, -0.05) is 60.7 Å². The molecule has 2 heteroatoms. The van der Waals surface area contributed by atoms with Crippen LogP contribution in [0.3, 0.4) is 0 Å². The molecule has 0 radical (unpaired) electrons. The van der Waals surface area contributed by atoms with Gasteiger partial charge in [0.2, 0.25) is 0 Å². The van der Waals surface area contributed by atoms with E-state index < -0.39 is 0 Å². The lowest BCUT2D eigenvalue weighted by atomic mass is 10.1. The molecular formula is C18H22N2. The molecule has 0 bridgehead atoms. The third kappa shape index (κ3) is 3.47. The molecule has 3 rings (SSSR count). The number of hydrogen-bond acceptors (Lipinski definition) is 2. The maximum atomic E-state index is 3.48. The van der Waals surface area contributed by atoms with Crippen molar-refractivity contribution in [3.05, 3.63) is 71.8 Å². The summed E-state index contributed by atoms with van der Waals surface area (Å²) in [5.41, 5.74) is 2.80. The predicted molar refractivity (Wildman–Crippen MR) is 83.4 cm³/mol. The lowest BCUT2D eigenvalue weighted by molar-refractivity contribution is 0.190. The van der Waals surface area contributed by atoms with Gasteiger partial charge in [-0.15, -0.1) is 0 Å². The van der Waals surface area contributed by atoms with Crippen LogP contribution in [0.15, 0.2) is 60.7 Å². The number of nitrogens with one attached hydrogen (secondary N) is 1. The van der Waals surface area contributed by atoms with E-state index in [1.807, 2.05) is 0 Å². The molecule has 0 aliphatic carbocycles. The van der Waals surface area contributed by atoms with Crippen LogP contribution < -0.4 is 5.32 Å². The number of benzene rings is 2. The second kappa shape index (κ2) is 6.69. The van der Waals surface area contributed by atoms with E-state index in [4.69, 9.17) is 0 Å². The minimum atomic E-state index is 0.649. The van der Waals surface area contributed by atoms with Crippen LogP contribution in [0.2, 0.25) is 0 Å². The molecule has 1 atom stereocenters. The molecule has 1 aliphatic heterocycles. The molecule has 20 heavy (non-hydrogen) atoms. The molecule has 104 valence electrons. The normalized spacial score (nSPS) is 18.6. The Balaban J connectivity index is 1.73. The second-order valence-electron chi connectivity index (χ2n) is 5.52. The Morgan fingerprint density at radius 1 is 0.850 bits per heavy atom. The van der Waals surface area contributed by atoms with Crippen LogP contribution in [0.5, 0.6) is 0 Å². The summed E-state index contributed by atoms with van der Waals surface area (Å²) < 4.78 is 0. The Morgan fingerprint density at radius 3 is 1.85 bits per heavy atom. The Kier molecular flexibility index (Phi) is 4.46. The van der Waals surface area contributed by atoms with E-state index in [9.17, 15) is 0 Å². The Hall–Kier alpha value is -1.64. The Labute approximate surface area is 121 Å². The highest BCUT2D eigenvalue weighted by Crippen LogP contribution is 2.17. The predicted octanol–water partition coefficient (Wildman–Crippen LogP) is 3.05. The molecule has 1 heterocycles. The summed E-state index contributed by atoms with van der Waals surface area (Å²) in [6, 6.07) is 22.2. The van der Waals surface area contributed by atoms with E-state index in [2.05, 4.69) is 70.9 Å². The second-order valence-corrected chi connectivity index (χ2v) is 5.52. The SMILES string of the molecule is c1ccc(CN(Cc2ccccc2)[C@@H]2CCNC2)cc1. The summed E-state index contributed by atoms with van der Waals surface area (Å²) in [4.78, 5) is 2.60. The van der Waals surface area contributed by atoms with Crippen LogP contribution >= 0.6 is 0 Å². The fraction of sp³-hybridized carbons (Fsp3) is 0.333. The standard InChI is InChI=1S/C18H22N2/c1-3-7-16(8-4-1)14-20(18-11-12-19-13-18)15-17-9-5-2-6-10-17/h1-10,18-19H,11-15H2/t18-/m1/s1. The van der Waals surface area contributed by atoms with Gasteiger partial charge < -0.3 is 5.32 Å². The molecular weight excluding hydrogens is 244 g/mol. The molecule has 0 aromatic heterocycles. The van der Waals surface area contributed by atoms with Gasteiger partial charge in [-0.25, -0.2) is 0 Å². The van der Waals surface area contributed by atoms with E-state index >= 15 is 0 Å². The van der Waals surface area contributed by atoms with Crippen molar-refractivity contribution >= 4 is 0 Å². The van der Waals surface area contributed by atoms with Crippen molar-refractivity contribution in [3.8, 4) is 0 Å². The topological polar surface area (TPSA) is 15.3 Å². The fourth-order valence-electron chi connectivity index (χ4n) is 2.90. The zero-order chi connectivity index (χ0) is 13.6. The van der Waals surface area contributed by atoms with Crippen molar-refractivity contribution < 1.29 is 0 Å². The smallest absolute Gasteiger partial charge is 0.0240 e. The maximum absolute atomic E-state index is 3.48. The quantitative estimate of drug-likeness (QED) is 0.895. The van der Waals surface area contributed by atoms with Crippen LogP contribution in [0.1, 0.15) is 17.5 Å². The molecule has 2 aromatic rings. The fourth-order valence-corrected chi connectivity index (χ4v) is 2.90. The lowest BCUT2D eigenvalue weighted by Crippen LogP contribution is -2.35. The van der Waals surface area contributed by atoms with Crippen molar-refractivity contribution in [2.24, 2.45) is 0 Å². The molecule has 2 nitrogen and oxygen atoms in total. The lowest BCUT2D eigenvalue weighted by Gasteiger charge is -2.28. The highest BCUT2D eigenvalue weighted by Gasteiger charge is 2.22. The van der Waals surface area contributed by atoms with Gasteiger partial charge in [0.15, 0.2) is 0 Å². The van der Waals surface area contributed by atoms with Gasteiger partial charge in [0, 0.05) is 25.7 Å². The first-order valence-corrected chi connectivity index (χ1v) is 7.44. The highest BCUT2D eigenvalue weighted by atomic mass is 15.2. The van der Waals surface area contributed by atoms with E-state index in [0.29, 0.717) is 6.04 Å². The van der Waals surface area contributed by atoms with Gasteiger partial charge >= 0.3 is 0 Å². The van der Waals surface area contributed by atoms with E-state index in [1.165, 1.54) is 17.5 Å². The molecule has 0 amide bonds. The molecule has 0 unspecified atom stereocenters. The summed E-state index contributed by atoms with van der Waals surface area (Å²) >= 11 is 0. The molecule has 1 fully saturated rings. The van der Waals surface area contributed by atoms with Crippen LogP contribution in [-0.4, -0.2) is 24.0 Å². The van der Waals surface area contributed by atoms with Gasteiger partial charge in [0.05, 0.1) is 0 Å². The third-order valence-electron chi connectivity index (χ3n) is 4.01. The van der Waals surface area contributed by atoms with Crippen LogP contribution in [0.25, 0.3) is 0 Å². The van der Waals surface area contributed by atoms with Crippen molar-refractivity contribution in [1.82, 2.24) is 10.2 Å². The first-order chi connectivity index (χ1) is 9.92. The summed E-state index contributed by atoms with van der Waals surface area (Å²) in [5, 5.41) is 3.48. The van der Waals surface area contributed by atoms with Crippen LogP contribution in [0, 0.1) is 0 Å². The van der Waals surface area contributed by atoms with Crippen molar-refractivity contribution in [1.29, 1.82) is 0 Å². The largest absolute Gasteiger partial charge is 0.315 e. The molecule has 2 aromatic carbocycles. The average Bonchev–Trinajstić information content (AvgIpc) is 3.03. The highest BCUT2D eigenvalue weighted by molar-refractivity contribution is 5.17. The number of nitrogens with zero attached hydrogens (tertiary/aromatic N) is 1. The zero-order valence-corrected chi connectivity index (χ0v) is 11.8. The molecule has 1 N–H and O–H groups in total. The summed E-state index contributed by atoms with van der Waals surface area (Å²) in [7, 11) is 0. The Morgan fingerprint density at radius 2 is 1.40 bits per heavy atom. The van der Waals surface area contributed by atoms with Gasteiger partial charge in [0.25, 0.3) is 0 Å². The van der Waals surface area contributed by atoms with Gasteiger partial charge in [-0.3, -0.25) is 4.90 Å². The monoisotopic (exact) mass is 266 g/mol. The first kappa shape index (κ1) is 13.3. The van der Waals surface area contributed by atoms with E-state index in [0.717, 1.165) is 26.2 Å². The molecule has 1 saturated heterocycles. The van der Waals surface area contributed by atoms with Gasteiger partial charge in [-0.05, 0) is 24.1 Å². The minimum absolute atomic E-state index is 0.649. The molecule has 0 saturated carbocycles. The van der Waals surface area contributed by atoms with E-state index in [1.54, 1.807) is 0 Å². The van der Waals surface area contributed by atoms with Crippen molar-refractivity contribution in [3.63, 3.8) is 0 Å². The zero-order valence-electron chi connectivity index (χ0n) is 11.8. The summed E-state index contributed by atoms with van der Waals surface area (Å²) in [6.45, 7) is 4.31. The van der Waals surface area contributed by atoms with Gasteiger partial charge in [-0.2, -0.15) is 0 Å². The van der Waals surface area contributed by atoms with E-state index in [-0.39, 0.29) is 0 Å². The van der Waals surface area contributed by atoms with Crippen molar-refractivity contribution in [2.45, 2.75) is 25.6 Å². The summed E-state index contributed by atoms with van der Waals surface area (Å²) in [5.74, 6) is 0. The minimum Gasteiger partial charge on any atom is -0.315 e. The third-order valence-corrected chi connectivity index (χ3v) is 4.01. The average molecular weight is 266 g/mol. The maximum Gasteiger partial charge on any atom is 0.0240 e. The number of hydrogen-bond donors (Lipinski definition) is 1. The van der Waals surface area contributed by atoms with Gasteiger partial charge in [0.1, 0.15) is 0 Å². The first-order valence-electron chi connectivity index (χ1n) is 7.44. The summed E-state index contributed by atoms with van der Waals surface area (Å²) in [6.07, 6.45) is 1.25.